The molecule has 3 rings (SSSR count). The van der Waals surface area contributed by atoms with Crippen LogP contribution in [0.1, 0.15) is 49.9 Å². The lowest BCUT2D eigenvalue weighted by Crippen LogP contribution is -2.28. The van der Waals surface area contributed by atoms with Crippen LogP contribution in [-0.2, 0) is 6.54 Å². The van der Waals surface area contributed by atoms with E-state index in [0.29, 0.717) is 11.2 Å². The molecule has 2 heterocycles. The van der Waals surface area contributed by atoms with Crippen LogP contribution in [0.4, 0.5) is 0 Å². The van der Waals surface area contributed by atoms with E-state index in [1.807, 2.05) is 0 Å². The van der Waals surface area contributed by atoms with Gasteiger partial charge < -0.3 is 5.32 Å². The molecule has 0 saturated heterocycles. The predicted octanol–water partition coefficient (Wildman–Crippen LogP) is 4.17. The number of thiazole rings is 1. The summed E-state index contributed by atoms with van der Waals surface area (Å²) in [5.41, 5.74) is 2.33. The molecule has 0 radical (unpaired) electrons. The van der Waals surface area contributed by atoms with Crippen molar-refractivity contribution in [2.75, 3.05) is 0 Å². The van der Waals surface area contributed by atoms with Gasteiger partial charge in [0.15, 0.2) is 10.1 Å². The van der Waals surface area contributed by atoms with E-state index in [-0.39, 0.29) is 0 Å². The number of nitrogens with one attached hydrogen (secondary N) is 1. The fourth-order valence-electron chi connectivity index (χ4n) is 2.92. The molecule has 0 aliphatic heterocycles. The first-order chi connectivity index (χ1) is 9.25. The van der Waals surface area contributed by atoms with Crippen molar-refractivity contribution in [1.29, 1.82) is 0 Å². The molecule has 1 N–H and O–H groups in total. The number of imidazole rings is 1. The van der Waals surface area contributed by atoms with E-state index in [0.717, 1.165) is 17.2 Å². The molecule has 0 aromatic carbocycles. The summed E-state index contributed by atoms with van der Waals surface area (Å²) in [4.78, 5) is 5.42. The fraction of sp³-hybridized carbons (Fsp3) is 0.643. The van der Waals surface area contributed by atoms with Gasteiger partial charge in [-0.15, -0.1) is 11.3 Å². The Morgan fingerprint density at radius 1 is 1.37 bits per heavy atom. The smallest absolute Gasteiger partial charge is 0.195 e. The van der Waals surface area contributed by atoms with Crippen LogP contribution in [0.2, 0.25) is 5.15 Å². The van der Waals surface area contributed by atoms with Gasteiger partial charge in [-0.2, -0.15) is 0 Å². The molecule has 0 bridgehead atoms. The van der Waals surface area contributed by atoms with E-state index in [1.165, 1.54) is 44.2 Å². The van der Waals surface area contributed by atoms with Gasteiger partial charge in [0.05, 0.1) is 5.69 Å². The average Bonchev–Trinajstić information content (AvgIpc) is 2.77. The van der Waals surface area contributed by atoms with Crippen molar-refractivity contribution in [3.8, 4) is 0 Å². The quantitative estimate of drug-likeness (QED) is 0.862. The SMILES string of the molecule is Cc1csc2nc(Cl)c(CNC3CCCCCC3)n12. The predicted molar refractivity (Wildman–Crippen MR) is 81.1 cm³/mol. The van der Waals surface area contributed by atoms with Crippen LogP contribution in [0, 0.1) is 6.92 Å². The van der Waals surface area contributed by atoms with Crippen molar-refractivity contribution >= 4 is 27.9 Å². The molecule has 2 aromatic rings. The summed E-state index contributed by atoms with van der Waals surface area (Å²) < 4.78 is 2.18. The lowest BCUT2D eigenvalue weighted by Gasteiger charge is -2.16. The van der Waals surface area contributed by atoms with E-state index in [4.69, 9.17) is 11.6 Å². The Labute approximate surface area is 123 Å². The molecule has 2 aromatic heterocycles. The maximum Gasteiger partial charge on any atom is 0.195 e. The van der Waals surface area contributed by atoms with Gasteiger partial charge in [-0.3, -0.25) is 4.40 Å². The Bertz CT molecular complexity index is 552. The van der Waals surface area contributed by atoms with E-state index >= 15 is 0 Å². The zero-order chi connectivity index (χ0) is 13.2. The van der Waals surface area contributed by atoms with Crippen LogP contribution in [0.15, 0.2) is 5.38 Å². The third-order valence-corrected chi connectivity index (χ3v) is 5.24. The Kier molecular flexibility index (Phi) is 4.10. The summed E-state index contributed by atoms with van der Waals surface area (Å²) in [7, 11) is 0. The Morgan fingerprint density at radius 3 is 2.84 bits per heavy atom. The summed E-state index contributed by atoms with van der Waals surface area (Å²) >= 11 is 7.92. The number of aryl methyl sites for hydroxylation is 1. The first-order valence-corrected chi connectivity index (χ1v) is 8.36. The van der Waals surface area contributed by atoms with Gasteiger partial charge in [0.25, 0.3) is 0 Å². The highest BCUT2D eigenvalue weighted by Crippen LogP contribution is 2.24. The lowest BCUT2D eigenvalue weighted by molar-refractivity contribution is 0.455. The molecular formula is C14H20ClN3S. The van der Waals surface area contributed by atoms with Gasteiger partial charge in [-0.25, -0.2) is 4.98 Å². The monoisotopic (exact) mass is 297 g/mol. The number of hydrogen-bond donors (Lipinski definition) is 1. The Morgan fingerprint density at radius 2 is 2.11 bits per heavy atom. The third kappa shape index (κ3) is 2.81. The molecule has 0 amide bonds. The molecule has 19 heavy (non-hydrogen) atoms. The van der Waals surface area contributed by atoms with Gasteiger partial charge in [-0.05, 0) is 19.8 Å². The van der Waals surface area contributed by atoms with Crippen LogP contribution in [0.3, 0.4) is 0 Å². The Balaban J connectivity index is 1.73. The van der Waals surface area contributed by atoms with Crippen molar-refractivity contribution in [3.63, 3.8) is 0 Å². The first-order valence-electron chi connectivity index (χ1n) is 7.10. The molecule has 1 aliphatic carbocycles. The highest BCUT2D eigenvalue weighted by Gasteiger charge is 2.16. The average molecular weight is 298 g/mol. The number of hydrogen-bond acceptors (Lipinski definition) is 3. The summed E-state index contributed by atoms with van der Waals surface area (Å²) in [5.74, 6) is 0. The largest absolute Gasteiger partial charge is 0.308 e. The van der Waals surface area contributed by atoms with Gasteiger partial charge in [0, 0.05) is 23.7 Å². The zero-order valence-corrected chi connectivity index (χ0v) is 12.9. The normalized spacial score (nSPS) is 18.0. The summed E-state index contributed by atoms with van der Waals surface area (Å²) in [6, 6.07) is 0.642. The second-order valence-corrected chi connectivity index (χ2v) is 6.61. The fourth-order valence-corrected chi connectivity index (χ4v) is 4.08. The van der Waals surface area contributed by atoms with Crippen LogP contribution in [0.25, 0.3) is 4.96 Å². The Hall–Kier alpha value is -0.580. The number of nitrogens with zero attached hydrogens (tertiary/aromatic N) is 2. The summed E-state index contributed by atoms with van der Waals surface area (Å²) in [6.07, 6.45) is 8.07. The second-order valence-electron chi connectivity index (χ2n) is 5.41. The van der Waals surface area contributed by atoms with Gasteiger partial charge >= 0.3 is 0 Å². The topological polar surface area (TPSA) is 29.3 Å². The second kappa shape index (κ2) is 5.81. The number of aromatic nitrogens is 2. The van der Waals surface area contributed by atoms with Crippen molar-refractivity contribution < 1.29 is 0 Å². The van der Waals surface area contributed by atoms with Gasteiger partial charge in [-0.1, -0.05) is 37.3 Å². The molecule has 1 fully saturated rings. The lowest BCUT2D eigenvalue weighted by atomic mass is 10.1. The number of rotatable bonds is 3. The van der Waals surface area contributed by atoms with E-state index < -0.39 is 0 Å². The minimum atomic E-state index is 0.642. The minimum Gasteiger partial charge on any atom is -0.308 e. The standard InChI is InChI=1S/C14H20ClN3S/c1-10-9-19-14-17-13(15)12(18(10)14)8-16-11-6-4-2-3-5-7-11/h9,11,16H,2-8H2,1H3. The van der Waals surface area contributed by atoms with Crippen molar-refractivity contribution in [3.05, 3.63) is 21.9 Å². The molecule has 0 atom stereocenters. The molecule has 0 unspecified atom stereocenters. The maximum atomic E-state index is 6.27. The maximum absolute atomic E-state index is 6.27. The summed E-state index contributed by atoms with van der Waals surface area (Å²) in [5, 5.41) is 6.46. The molecule has 0 spiro atoms. The van der Waals surface area contributed by atoms with Crippen LogP contribution in [0.5, 0.6) is 0 Å². The third-order valence-electron chi connectivity index (χ3n) is 3.99. The summed E-state index contributed by atoms with van der Waals surface area (Å²) in [6.45, 7) is 2.93. The van der Waals surface area contributed by atoms with E-state index in [2.05, 4.69) is 27.0 Å². The molecule has 104 valence electrons. The van der Waals surface area contributed by atoms with Crippen molar-refractivity contribution in [1.82, 2.24) is 14.7 Å². The highest BCUT2D eigenvalue weighted by molar-refractivity contribution is 7.15. The van der Waals surface area contributed by atoms with Gasteiger partial charge in [0.1, 0.15) is 0 Å². The van der Waals surface area contributed by atoms with Crippen molar-refractivity contribution in [2.45, 2.75) is 58.0 Å². The van der Waals surface area contributed by atoms with Crippen LogP contribution >= 0.6 is 22.9 Å². The van der Waals surface area contributed by atoms with Crippen molar-refractivity contribution in [2.24, 2.45) is 0 Å². The number of fused-ring (bicyclic) bond motifs is 1. The van der Waals surface area contributed by atoms with E-state index in [9.17, 15) is 0 Å². The molecule has 3 nitrogen and oxygen atoms in total. The van der Waals surface area contributed by atoms with Crippen LogP contribution < -0.4 is 5.32 Å². The highest BCUT2D eigenvalue weighted by atomic mass is 35.5. The minimum absolute atomic E-state index is 0.642. The van der Waals surface area contributed by atoms with E-state index in [1.54, 1.807) is 11.3 Å². The number of halogens is 1. The van der Waals surface area contributed by atoms with Crippen LogP contribution in [-0.4, -0.2) is 15.4 Å². The molecule has 1 aliphatic rings. The van der Waals surface area contributed by atoms with Gasteiger partial charge in [0.2, 0.25) is 0 Å². The zero-order valence-electron chi connectivity index (χ0n) is 11.3. The first kappa shape index (κ1) is 13.4. The molecular weight excluding hydrogens is 278 g/mol. The molecule has 5 heteroatoms. The molecule has 1 saturated carbocycles.